The zero-order chi connectivity index (χ0) is 14.0. The molecule has 3 atom stereocenters. The van der Waals surface area contributed by atoms with E-state index in [0.717, 1.165) is 18.7 Å². The lowest BCUT2D eigenvalue weighted by Gasteiger charge is -2.40. The molecule has 0 amide bonds. The average molecular weight is 266 g/mol. The molecule has 3 nitrogen and oxygen atoms in total. The Morgan fingerprint density at radius 3 is 2.58 bits per heavy atom. The summed E-state index contributed by atoms with van der Waals surface area (Å²) in [6.45, 7) is 8.06. The number of nitrogens with zero attached hydrogens (tertiary/aromatic N) is 1. The summed E-state index contributed by atoms with van der Waals surface area (Å²) >= 11 is 0. The van der Waals surface area contributed by atoms with E-state index in [2.05, 4.69) is 4.90 Å². The zero-order valence-electron chi connectivity index (χ0n) is 11.9. The lowest BCUT2D eigenvalue weighted by Crippen LogP contribution is -2.48. The third-order valence-electron chi connectivity index (χ3n) is 3.62. The van der Waals surface area contributed by atoms with Crippen molar-refractivity contribution in [2.45, 2.75) is 39.0 Å². The molecule has 1 aliphatic heterocycles. The standard InChI is InChI=1S/C15H23FN2O/c1-10-4-5-14(16)13(6-10)15(7-17)18-8-11(2)19-12(3)9-18/h4-6,11-12,15H,7-9,17H2,1-3H3/t11-,12+,15?. The normalized spacial score (nSPS) is 26.4. The summed E-state index contributed by atoms with van der Waals surface area (Å²) in [5.41, 5.74) is 7.65. The Hall–Kier alpha value is -0.970. The first-order chi connectivity index (χ1) is 9.01. The van der Waals surface area contributed by atoms with Gasteiger partial charge in [0.05, 0.1) is 18.2 Å². The van der Waals surface area contributed by atoms with Crippen LogP contribution in [-0.2, 0) is 4.74 Å². The van der Waals surface area contributed by atoms with Gasteiger partial charge in [0, 0.05) is 25.2 Å². The van der Waals surface area contributed by atoms with Crippen LogP contribution in [0.15, 0.2) is 18.2 Å². The predicted molar refractivity (Wildman–Crippen MR) is 74.5 cm³/mol. The molecule has 0 spiro atoms. The molecule has 0 radical (unpaired) electrons. The van der Waals surface area contributed by atoms with Crippen LogP contribution in [0.25, 0.3) is 0 Å². The van der Waals surface area contributed by atoms with Crippen LogP contribution in [0.2, 0.25) is 0 Å². The van der Waals surface area contributed by atoms with Crippen LogP contribution >= 0.6 is 0 Å². The lowest BCUT2D eigenvalue weighted by molar-refractivity contribution is -0.0802. The minimum Gasteiger partial charge on any atom is -0.373 e. The third-order valence-corrected chi connectivity index (χ3v) is 3.62. The Kier molecular flexibility index (Phi) is 4.55. The quantitative estimate of drug-likeness (QED) is 0.912. The van der Waals surface area contributed by atoms with Gasteiger partial charge in [0.25, 0.3) is 0 Å². The summed E-state index contributed by atoms with van der Waals surface area (Å²) in [4.78, 5) is 2.23. The Bertz CT molecular complexity index is 428. The van der Waals surface area contributed by atoms with E-state index in [1.807, 2.05) is 26.8 Å². The van der Waals surface area contributed by atoms with Crippen molar-refractivity contribution in [2.24, 2.45) is 5.73 Å². The van der Waals surface area contributed by atoms with E-state index in [1.54, 1.807) is 6.07 Å². The molecule has 0 aliphatic carbocycles. The predicted octanol–water partition coefficient (Wildman–Crippen LogP) is 2.24. The maximum absolute atomic E-state index is 14.0. The van der Waals surface area contributed by atoms with E-state index < -0.39 is 0 Å². The van der Waals surface area contributed by atoms with E-state index in [0.29, 0.717) is 12.1 Å². The maximum Gasteiger partial charge on any atom is 0.128 e. The summed E-state index contributed by atoms with van der Waals surface area (Å²) < 4.78 is 19.8. The summed E-state index contributed by atoms with van der Waals surface area (Å²) in [6, 6.07) is 5.14. The van der Waals surface area contributed by atoms with Gasteiger partial charge in [0.1, 0.15) is 5.82 Å². The fourth-order valence-electron chi connectivity index (χ4n) is 2.86. The van der Waals surface area contributed by atoms with Crippen LogP contribution in [0.4, 0.5) is 4.39 Å². The molecule has 2 rings (SSSR count). The molecule has 1 aromatic rings. The number of benzene rings is 1. The van der Waals surface area contributed by atoms with Crippen molar-refractivity contribution < 1.29 is 9.13 Å². The van der Waals surface area contributed by atoms with Gasteiger partial charge in [0.2, 0.25) is 0 Å². The molecule has 1 saturated heterocycles. The molecule has 1 fully saturated rings. The van der Waals surface area contributed by atoms with Crippen molar-refractivity contribution in [3.8, 4) is 0 Å². The molecular weight excluding hydrogens is 243 g/mol. The molecule has 0 saturated carbocycles. The molecule has 2 N–H and O–H groups in total. The number of hydrogen-bond acceptors (Lipinski definition) is 3. The Labute approximate surface area is 114 Å². The number of ether oxygens (including phenoxy) is 1. The Morgan fingerprint density at radius 2 is 2.00 bits per heavy atom. The number of hydrogen-bond donors (Lipinski definition) is 1. The highest BCUT2D eigenvalue weighted by atomic mass is 19.1. The first kappa shape index (κ1) is 14.4. The molecule has 1 aromatic carbocycles. The van der Waals surface area contributed by atoms with E-state index in [9.17, 15) is 4.39 Å². The second kappa shape index (κ2) is 5.99. The summed E-state index contributed by atoms with van der Waals surface area (Å²) in [5.74, 6) is -0.173. The van der Waals surface area contributed by atoms with Gasteiger partial charge < -0.3 is 10.5 Å². The van der Waals surface area contributed by atoms with E-state index in [1.165, 1.54) is 6.07 Å². The minimum absolute atomic E-state index is 0.0753. The number of aryl methyl sites for hydroxylation is 1. The van der Waals surface area contributed by atoms with Crippen LogP contribution in [-0.4, -0.2) is 36.7 Å². The molecule has 0 bridgehead atoms. The van der Waals surface area contributed by atoms with Gasteiger partial charge in [-0.1, -0.05) is 17.7 Å². The second-order valence-corrected chi connectivity index (χ2v) is 5.49. The summed E-state index contributed by atoms with van der Waals surface area (Å²) in [6.07, 6.45) is 0.316. The highest BCUT2D eigenvalue weighted by Crippen LogP contribution is 2.26. The van der Waals surface area contributed by atoms with E-state index in [-0.39, 0.29) is 24.1 Å². The van der Waals surface area contributed by atoms with Crippen LogP contribution in [0.1, 0.15) is 31.0 Å². The van der Waals surface area contributed by atoms with E-state index in [4.69, 9.17) is 10.5 Å². The molecule has 4 heteroatoms. The topological polar surface area (TPSA) is 38.5 Å². The first-order valence-corrected chi connectivity index (χ1v) is 6.87. The second-order valence-electron chi connectivity index (χ2n) is 5.49. The van der Waals surface area contributed by atoms with Crippen LogP contribution in [0, 0.1) is 12.7 Å². The SMILES string of the molecule is Cc1ccc(F)c(C(CN)N2C[C@@H](C)O[C@@H](C)C2)c1. The van der Waals surface area contributed by atoms with Crippen molar-refractivity contribution in [3.63, 3.8) is 0 Å². The minimum atomic E-state index is -0.173. The van der Waals surface area contributed by atoms with Crippen molar-refractivity contribution in [1.29, 1.82) is 0 Å². The van der Waals surface area contributed by atoms with Crippen molar-refractivity contribution in [1.82, 2.24) is 4.90 Å². The molecule has 106 valence electrons. The average Bonchev–Trinajstić information content (AvgIpc) is 2.33. The molecule has 0 aromatic heterocycles. The van der Waals surface area contributed by atoms with Crippen LogP contribution < -0.4 is 5.73 Å². The number of morpholine rings is 1. The maximum atomic E-state index is 14.0. The molecule has 1 aliphatic rings. The van der Waals surface area contributed by atoms with Gasteiger partial charge in [-0.05, 0) is 26.8 Å². The van der Waals surface area contributed by atoms with Crippen molar-refractivity contribution in [2.75, 3.05) is 19.6 Å². The highest BCUT2D eigenvalue weighted by Gasteiger charge is 2.29. The van der Waals surface area contributed by atoms with E-state index >= 15 is 0 Å². The third kappa shape index (κ3) is 3.32. The summed E-state index contributed by atoms with van der Waals surface area (Å²) in [7, 11) is 0. The molecule has 1 heterocycles. The number of nitrogens with two attached hydrogens (primary N) is 1. The first-order valence-electron chi connectivity index (χ1n) is 6.87. The monoisotopic (exact) mass is 266 g/mol. The van der Waals surface area contributed by atoms with Crippen molar-refractivity contribution in [3.05, 3.63) is 35.1 Å². The fourth-order valence-corrected chi connectivity index (χ4v) is 2.86. The Balaban J connectivity index is 2.26. The van der Waals surface area contributed by atoms with Gasteiger partial charge in [-0.2, -0.15) is 0 Å². The molecule has 19 heavy (non-hydrogen) atoms. The highest BCUT2D eigenvalue weighted by molar-refractivity contribution is 5.27. The largest absolute Gasteiger partial charge is 0.373 e. The van der Waals surface area contributed by atoms with Gasteiger partial charge >= 0.3 is 0 Å². The van der Waals surface area contributed by atoms with Gasteiger partial charge in [-0.25, -0.2) is 4.39 Å². The van der Waals surface area contributed by atoms with Crippen molar-refractivity contribution >= 4 is 0 Å². The number of rotatable bonds is 3. The molecular formula is C15H23FN2O. The van der Waals surface area contributed by atoms with Gasteiger partial charge in [0.15, 0.2) is 0 Å². The fraction of sp³-hybridized carbons (Fsp3) is 0.600. The Morgan fingerprint density at radius 1 is 1.37 bits per heavy atom. The molecule has 1 unspecified atom stereocenters. The van der Waals surface area contributed by atoms with Crippen LogP contribution in [0.3, 0.4) is 0 Å². The lowest BCUT2D eigenvalue weighted by atomic mass is 10.0. The van der Waals surface area contributed by atoms with Gasteiger partial charge in [-0.15, -0.1) is 0 Å². The van der Waals surface area contributed by atoms with Gasteiger partial charge in [-0.3, -0.25) is 4.90 Å². The van der Waals surface area contributed by atoms with Crippen LogP contribution in [0.5, 0.6) is 0 Å². The summed E-state index contributed by atoms with van der Waals surface area (Å²) in [5, 5.41) is 0. The number of halogens is 1. The smallest absolute Gasteiger partial charge is 0.128 e. The zero-order valence-corrected chi connectivity index (χ0v) is 11.9.